The van der Waals surface area contributed by atoms with Gasteiger partial charge in [-0.3, -0.25) is 9.59 Å². The summed E-state index contributed by atoms with van der Waals surface area (Å²) in [5.41, 5.74) is -0.815. The van der Waals surface area contributed by atoms with Crippen LogP contribution in [0.4, 0.5) is 0 Å². The number of aldehydes is 1. The normalized spacial score (nSPS) is 39.5. The molecule has 2 aliphatic rings. The van der Waals surface area contributed by atoms with E-state index in [2.05, 4.69) is 5.32 Å². The fraction of sp³-hybridized carbons (Fsp3) is 0.750. The molecule has 2 atom stereocenters. The van der Waals surface area contributed by atoms with E-state index in [1.54, 1.807) is 0 Å². The number of Topliss-reactive ketones (excluding diaryl/α,β-unsaturated/α-hetero) is 1. The zero-order valence-electron chi connectivity index (χ0n) is 6.71. The minimum absolute atomic E-state index is 0.127. The van der Waals surface area contributed by atoms with Gasteiger partial charge in [-0.1, -0.05) is 0 Å². The van der Waals surface area contributed by atoms with Crippen molar-refractivity contribution in [3.8, 4) is 0 Å². The summed E-state index contributed by atoms with van der Waals surface area (Å²) in [6.45, 7) is 1.29. The van der Waals surface area contributed by atoms with Gasteiger partial charge in [-0.05, 0) is 12.8 Å². The first kappa shape index (κ1) is 7.89. The molecule has 2 fully saturated rings. The molecular formula is C8H11NO3. The average Bonchev–Trinajstić information content (AvgIpc) is 2.42. The Balaban J connectivity index is 2.20. The van der Waals surface area contributed by atoms with E-state index in [1.807, 2.05) is 0 Å². The first-order valence-corrected chi connectivity index (χ1v) is 4.15. The summed E-state index contributed by atoms with van der Waals surface area (Å²) in [5, 5.41) is 3.10. The molecule has 66 valence electrons. The molecule has 2 unspecified atom stereocenters. The Kier molecular flexibility index (Phi) is 1.73. The van der Waals surface area contributed by atoms with Crippen LogP contribution in [0.2, 0.25) is 0 Å². The molecule has 0 aromatic carbocycles. The fourth-order valence-electron chi connectivity index (χ4n) is 1.92. The highest BCUT2D eigenvalue weighted by Gasteiger charge is 2.48. The van der Waals surface area contributed by atoms with E-state index in [0.29, 0.717) is 19.3 Å². The third-order valence-corrected chi connectivity index (χ3v) is 2.60. The molecule has 0 aromatic heterocycles. The molecule has 2 aliphatic heterocycles. The zero-order chi connectivity index (χ0) is 8.60. The predicted octanol–water partition coefficient (Wildman–Crippen LogP) is -0.725. The van der Waals surface area contributed by atoms with Crippen molar-refractivity contribution >= 4 is 12.1 Å². The van der Waals surface area contributed by atoms with Crippen LogP contribution in [0.15, 0.2) is 0 Å². The van der Waals surface area contributed by atoms with Gasteiger partial charge in [0.05, 0.1) is 6.10 Å². The third kappa shape index (κ3) is 0.990. The highest BCUT2D eigenvalue weighted by Crippen LogP contribution is 2.32. The summed E-state index contributed by atoms with van der Waals surface area (Å²) in [6.07, 6.45) is 2.06. The molecule has 2 saturated heterocycles. The van der Waals surface area contributed by atoms with E-state index in [-0.39, 0.29) is 6.10 Å². The summed E-state index contributed by atoms with van der Waals surface area (Å²) in [7, 11) is 0. The monoisotopic (exact) mass is 169 g/mol. The van der Waals surface area contributed by atoms with Crippen LogP contribution in [-0.2, 0) is 14.3 Å². The van der Waals surface area contributed by atoms with Gasteiger partial charge in [-0.2, -0.15) is 0 Å². The standard InChI is InChI=1S/C8H11NO3/c10-4-7(11)8-2-1-6(12-8)3-9-5-8/h4,6,9H,1-3,5H2. The second-order valence-corrected chi connectivity index (χ2v) is 3.39. The Morgan fingerprint density at radius 3 is 3.25 bits per heavy atom. The SMILES string of the molecule is O=CC(=O)C12CCC(CNC1)O2. The molecule has 2 bridgehead atoms. The lowest BCUT2D eigenvalue weighted by atomic mass is 9.96. The van der Waals surface area contributed by atoms with Crippen molar-refractivity contribution in [2.24, 2.45) is 0 Å². The number of ketones is 1. The molecule has 0 amide bonds. The molecule has 0 saturated carbocycles. The molecule has 0 aromatic rings. The summed E-state index contributed by atoms with van der Waals surface area (Å²) in [5.74, 6) is -0.419. The predicted molar refractivity (Wildman–Crippen MR) is 40.8 cm³/mol. The average molecular weight is 169 g/mol. The summed E-state index contributed by atoms with van der Waals surface area (Å²) in [6, 6.07) is 0. The molecule has 0 radical (unpaired) electrons. The lowest BCUT2D eigenvalue weighted by Gasteiger charge is -2.30. The largest absolute Gasteiger partial charge is 0.361 e. The van der Waals surface area contributed by atoms with Crippen molar-refractivity contribution in [3.63, 3.8) is 0 Å². The third-order valence-electron chi connectivity index (χ3n) is 2.60. The van der Waals surface area contributed by atoms with Crippen LogP contribution < -0.4 is 5.32 Å². The van der Waals surface area contributed by atoms with E-state index in [1.165, 1.54) is 0 Å². The number of carbonyl (C=O) groups is 2. The van der Waals surface area contributed by atoms with Crippen LogP contribution in [0.5, 0.6) is 0 Å². The second-order valence-electron chi connectivity index (χ2n) is 3.39. The summed E-state index contributed by atoms with van der Waals surface area (Å²) in [4.78, 5) is 21.5. The first-order valence-electron chi connectivity index (χ1n) is 4.15. The Labute approximate surface area is 70.3 Å². The number of ether oxygens (including phenoxy) is 1. The van der Waals surface area contributed by atoms with E-state index in [0.717, 1.165) is 13.0 Å². The van der Waals surface area contributed by atoms with Crippen molar-refractivity contribution in [1.29, 1.82) is 0 Å². The Bertz CT molecular complexity index is 224. The van der Waals surface area contributed by atoms with Crippen LogP contribution in [0, 0.1) is 0 Å². The van der Waals surface area contributed by atoms with Crippen molar-refractivity contribution < 1.29 is 14.3 Å². The van der Waals surface area contributed by atoms with Crippen molar-refractivity contribution in [3.05, 3.63) is 0 Å². The minimum atomic E-state index is -0.815. The van der Waals surface area contributed by atoms with Gasteiger partial charge >= 0.3 is 0 Å². The van der Waals surface area contributed by atoms with Crippen LogP contribution in [0.25, 0.3) is 0 Å². The first-order chi connectivity index (χ1) is 5.77. The van der Waals surface area contributed by atoms with Gasteiger partial charge in [-0.15, -0.1) is 0 Å². The number of morpholine rings is 1. The molecule has 12 heavy (non-hydrogen) atoms. The molecule has 0 aliphatic carbocycles. The second kappa shape index (κ2) is 2.64. The molecule has 2 rings (SSSR count). The number of nitrogens with one attached hydrogen (secondary N) is 1. The topological polar surface area (TPSA) is 55.4 Å². The molecular weight excluding hydrogens is 158 g/mol. The maximum absolute atomic E-state index is 11.2. The number of hydrogen-bond acceptors (Lipinski definition) is 4. The smallest absolute Gasteiger partial charge is 0.228 e. The molecule has 2 heterocycles. The maximum Gasteiger partial charge on any atom is 0.228 e. The number of fused-ring (bicyclic) bond motifs is 2. The van der Waals surface area contributed by atoms with Gasteiger partial charge in [0, 0.05) is 13.1 Å². The van der Waals surface area contributed by atoms with E-state index in [9.17, 15) is 9.59 Å². The van der Waals surface area contributed by atoms with Gasteiger partial charge < -0.3 is 10.1 Å². The Morgan fingerprint density at radius 2 is 2.50 bits per heavy atom. The fourth-order valence-corrected chi connectivity index (χ4v) is 1.92. The van der Waals surface area contributed by atoms with Gasteiger partial charge in [0.25, 0.3) is 0 Å². The highest BCUT2D eigenvalue weighted by atomic mass is 16.5. The molecule has 0 spiro atoms. The van der Waals surface area contributed by atoms with E-state index in [4.69, 9.17) is 4.74 Å². The van der Waals surface area contributed by atoms with Gasteiger partial charge in [-0.25, -0.2) is 0 Å². The van der Waals surface area contributed by atoms with Crippen LogP contribution in [-0.4, -0.2) is 36.9 Å². The number of carbonyl (C=O) groups excluding carboxylic acids is 2. The van der Waals surface area contributed by atoms with Crippen molar-refractivity contribution in [2.45, 2.75) is 24.5 Å². The molecule has 4 nitrogen and oxygen atoms in total. The zero-order valence-corrected chi connectivity index (χ0v) is 6.71. The quantitative estimate of drug-likeness (QED) is 0.437. The van der Waals surface area contributed by atoms with E-state index >= 15 is 0 Å². The summed E-state index contributed by atoms with van der Waals surface area (Å²) < 4.78 is 5.49. The summed E-state index contributed by atoms with van der Waals surface area (Å²) >= 11 is 0. The van der Waals surface area contributed by atoms with Crippen LogP contribution in [0.3, 0.4) is 0 Å². The number of hydrogen-bond donors (Lipinski definition) is 1. The van der Waals surface area contributed by atoms with Crippen molar-refractivity contribution in [1.82, 2.24) is 5.32 Å². The lowest BCUT2D eigenvalue weighted by molar-refractivity contribution is -0.150. The Hall–Kier alpha value is -0.740. The van der Waals surface area contributed by atoms with Crippen LogP contribution >= 0.6 is 0 Å². The number of rotatable bonds is 2. The minimum Gasteiger partial charge on any atom is -0.361 e. The lowest BCUT2D eigenvalue weighted by Crippen LogP contribution is -2.53. The van der Waals surface area contributed by atoms with Gasteiger partial charge in [0.15, 0.2) is 6.29 Å². The van der Waals surface area contributed by atoms with Gasteiger partial charge in [0.2, 0.25) is 5.78 Å². The Morgan fingerprint density at radius 1 is 1.67 bits per heavy atom. The maximum atomic E-state index is 11.2. The van der Waals surface area contributed by atoms with Gasteiger partial charge in [0.1, 0.15) is 5.60 Å². The highest BCUT2D eigenvalue weighted by molar-refractivity contribution is 6.29. The van der Waals surface area contributed by atoms with E-state index < -0.39 is 11.4 Å². The molecule has 1 N–H and O–H groups in total. The molecule has 4 heteroatoms. The van der Waals surface area contributed by atoms with Crippen LogP contribution in [0.1, 0.15) is 12.8 Å². The van der Waals surface area contributed by atoms with Crippen molar-refractivity contribution in [2.75, 3.05) is 13.1 Å².